The number of likely N-dealkylation sites (N-methyl/N-ethyl adjacent to an activating group) is 1. The molecular formula is C19H38IN5O. The second-order valence-corrected chi connectivity index (χ2v) is 8.01. The normalized spacial score (nSPS) is 26.2. The van der Waals surface area contributed by atoms with Crippen molar-refractivity contribution in [2.75, 3.05) is 40.3 Å². The largest absolute Gasteiger partial charge is 0.357 e. The van der Waals surface area contributed by atoms with Crippen LogP contribution >= 0.6 is 24.0 Å². The SMILES string of the molecule is CCNC(=NCC1(N(C)C)CCCC(C)C1)NCCNC(=O)C1CC1.I. The van der Waals surface area contributed by atoms with E-state index in [9.17, 15) is 4.79 Å². The minimum Gasteiger partial charge on any atom is -0.357 e. The average Bonchev–Trinajstić information content (AvgIpc) is 3.41. The fraction of sp³-hybridized carbons (Fsp3) is 0.895. The summed E-state index contributed by atoms with van der Waals surface area (Å²) in [4.78, 5) is 18.9. The van der Waals surface area contributed by atoms with Gasteiger partial charge in [-0.1, -0.05) is 19.8 Å². The number of amides is 1. The molecule has 2 aliphatic carbocycles. The Labute approximate surface area is 176 Å². The van der Waals surface area contributed by atoms with Crippen molar-refractivity contribution in [1.29, 1.82) is 0 Å². The van der Waals surface area contributed by atoms with Gasteiger partial charge in [0.1, 0.15) is 0 Å². The minimum atomic E-state index is 0. The van der Waals surface area contributed by atoms with Crippen molar-refractivity contribution in [3.63, 3.8) is 0 Å². The number of halogens is 1. The quantitative estimate of drug-likeness (QED) is 0.216. The first kappa shape index (κ1) is 23.5. The summed E-state index contributed by atoms with van der Waals surface area (Å²) < 4.78 is 0. The maximum atomic E-state index is 11.7. The van der Waals surface area contributed by atoms with Crippen molar-refractivity contribution >= 4 is 35.8 Å². The van der Waals surface area contributed by atoms with Gasteiger partial charge < -0.3 is 20.9 Å². The lowest BCUT2D eigenvalue weighted by Gasteiger charge is -2.44. The van der Waals surface area contributed by atoms with Gasteiger partial charge in [0.05, 0.1) is 6.54 Å². The fourth-order valence-electron chi connectivity index (χ4n) is 3.75. The summed E-state index contributed by atoms with van der Waals surface area (Å²) >= 11 is 0. The summed E-state index contributed by atoms with van der Waals surface area (Å²) in [6.07, 6.45) is 7.14. The predicted octanol–water partition coefficient (Wildman–Crippen LogP) is 2.20. The van der Waals surface area contributed by atoms with Crippen LogP contribution in [0.5, 0.6) is 0 Å². The molecule has 2 rings (SSSR count). The van der Waals surface area contributed by atoms with E-state index in [-0.39, 0.29) is 41.3 Å². The van der Waals surface area contributed by atoms with Crippen molar-refractivity contribution in [2.24, 2.45) is 16.8 Å². The second kappa shape index (κ2) is 11.3. The van der Waals surface area contributed by atoms with Gasteiger partial charge in [-0.05, 0) is 52.6 Å². The first-order valence-corrected chi connectivity index (χ1v) is 9.94. The van der Waals surface area contributed by atoms with Crippen LogP contribution < -0.4 is 16.0 Å². The van der Waals surface area contributed by atoms with Crippen molar-refractivity contribution in [3.05, 3.63) is 0 Å². The molecule has 0 heterocycles. The highest BCUT2D eigenvalue weighted by molar-refractivity contribution is 14.0. The Balaban J connectivity index is 0.00000338. The van der Waals surface area contributed by atoms with Crippen molar-refractivity contribution in [2.45, 2.75) is 57.9 Å². The zero-order valence-corrected chi connectivity index (χ0v) is 19.3. The Morgan fingerprint density at radius 2 is 1.85 bits per heavy atom. The summed E-state index contributed by atoms with van der Waals surface area (Å²) in [6.45, 7) is 7.44. The molecule has 0 aromatic rings. The van der Waals surface area contributed by atoms with Gasteiger partial charge in [0.2, 0.25) is 5.91 Å². The third-order valence-corrected chi connectivity index (χ3v) is 5.56. The van der Waals surface area contributed by atoms with E-state index in [1.807, 2.05) is 0 Å². The number of hydrogen-bond acceptors (Lipinski definition) is 3. The van der Waals surface area contributed by atoms with Crippen LogP contribution in [0.15, 0.2) is 4.99 Å². The number of aliphatic imine (C=N–C) groups is 1. The molecule has 0 spiro atoms. The van der Waals surface area contributed by atoms with Crippen LogP contribution in [-0.2, 0) is 4.79 Å². The van der Waals surface area contributed by atoms with Crippen molar-refractivity contribution in [3.8, 4) is 0 Å². The highest BCUT2D eigenvalue weighted by Gasteiger charge is 2.36. The van der Waals surface area contributed by atoms with E-state index in [0.29, 0.717) is 13.1 Å². The van der Waals surface area contributed by atoms with Gasteiger partial charge in [-0.2, -0.15) is 0 Å². The van der Waals surface area contributed by atoms with Crippen LogP contribution in [0.4, 0.5) is 0 Å². The van der Waals surface area contributed by atoms with Crippen LogP contribution in [0, 0.1) is 11.8 Å². The Hall–Kier alpha value is -0.570. The van der Waals surface area contributed by atoms with Crippen molar-refractivity contribution < 1.29 is 4.79 Å². The number of carbonyl (C=O) groups excluding carboxylic acids is 1. The molecule has 7 heteroatoms. The third-order valence-electron chi connectivity index (χ3n) is 5.56. The first-order chi connectivity index (χ1) is 12.0. The number of guanidine groups is 1. The Morgan fingerprint density at radius 1 is 1.15 bits per heavy atom. The standard InChI is InChI=1S/C19H37N5O.HI/c1-5-20-18(22-12-11-21-17(25)16-8-9-16)23-14-19(24(3)4)10-6-7-15(2)13-19;/h15-16H,5-14H2,1-4H3,(H,21,25)(H2,20,22,23);1H. The van der Waals surface area contributed by atoms with E-state index in [1.54, 1.807) is 0 Å². The molecule has 2 atom stereocenters. The monoisotopic (exact) mass is 479 g/mol. The molecule has 2 fully saturated rings. The molecule has 6 nitrogen and oxygen atoms in total. The van der Waals surface area contributed by atoms with Crippen LogP contribution in [0.3, 0.4) is 0 Å². The van der Waals surface area contributed by atoms with Gasteiger partial charge >= 0.3 is 0 Å². The van der Waals surface area contributed by atoms with Gasteiger partial charge in [-0.25, -0.2) is 0 Å². The van der Waals surface area contributed by atoms with Crippen LogP contribution in [0.2, 0.25) is 0 Å². The Morgan fingerprint density at radius 3 is 2.42 bits per heavy atom. The Bertz CT molecular complexity index is 467. The zero-order valence-electron chi connectivity index (χ0n) is 16.9. The van der Waals surface area contributed by atoms with E-state index in [4.69, 9.17) is 4.99 Å². The van der Waals surface area contributed by atoms with Gasteiger partial charge in [0.25, 0.3) is 0 Å². The third kappa shape index (κ3) is 7.21. The topological polar surface area (TPSA) is 68.8 Å². The molecule has 2 saturated carbocycles. The van der Waals surface area contributed by atoms with Gasteiger partial charge in [-0.15, -0.1) is 24.0 Å². The van der Waals surface area contributed by atoms with Gasteiger partial charge in [-0.3, -0.25) is 9.79 Å². The predicted molar refractivity (Wildman–Crippen MR) is 119 cm³/mol. The number of carbonyl (C=O) groups is 1. The molecule has 152 valence electrons. The highest BCUT2D eigenvalue weighted by Crippen LogP contribution is 2.35. The summed E-state index contributed by atoms with van der Waals surface area (Å²) in [5.41, 5.74) is 0.167. The van der Waals surface area contributed by atoms with Gasteiger partial charge in [0, 0.05) is 31.1 Å². The summed E-state index contributed by atoms with van der Waals surface area (Å²) in [5.74, 6) is 2.09. The molecule has 0 radical (unpaired) electrons. The molecule has 0 aliphatic heterocycles. The lowest BCUT2D eigenvalue weighted by Crippen LogP contribution is -2.51. The van der Waals surface area contributed by atoms with E-state index in [2.05, 4.69) is 48.8 Å². The number of rotatable bonds is 8. The number of hydrogen-bond donors (Lipinski definition) is 3. The molecule has 0 aromatic heterocycles. The van der Waals surface area contributed by atoms with Crippen LogP contribution in [0.1, 0.15) is 52.4 Å². The second-order valence-electron chi connectivity index (χ2n) is 8.01. The first-order valence-electron chi connectivity index (χ1n) is 9.94. The number of nitrogens with one attached hydrogen (secondary N) is 3. The van der Waals surface area contributed by atoms with Crippen LogP contribution in [-0.4, -0.2) is 62.6 Å². The molecular weight excluding hydrogens is 441 g/mol. The Kier molecular flexibility index (Phi) is 10.2. The molecule has 3 N–H and O–H groups in total. The lowest BCUT2D eigenvalue weighted by atomic mass is 9.75. The molecule has 2 unspecified atom stereocenters. The highest BCUT2D eigenvalue weighted by atomic mass is 127. The smallest absolute Gasteiger partial charge is 0.223 e. The van der Waals surface area contributed by atoms with E-state index in [1.165, 1.54) is 25.7 Å². The zero-order chi connectivity index (χ0) is 18.3. The summed E-state index contributed by atoms with van der Waals surface area (Å²) in [7, 11) is 4.36. The van der Waals surface area contributed by atoms with E-state index >= 15 is 0 Å². The molecule has 26 heavy (non-hydrogen) atoms. The molecule has 2 aliphatic rings. The molecule has 0 bridgehead atoms. The molecule has 1 amide bonds. The van der Waals surface area contributed by atoms with E-state index in [0.717, 1.165) is 37.8 Å². The number of nitrogens with zero attached hydrogens (tertiary/aromatic N) is 2. The summed E-state index contributed by atoms with van der Waals surface area (Å²) in [6, 6.07) is 0. The van der Waals surface area contributed by atoms with Gasteiger partial charge in [0.15, 0.2) is 5.96 Å². The minimum absolute atomic E-state index is 0. The average molecular weight is 479 g/mol. The maximum Gasteiger partial charge on any atom is 0.223 e. The van der Waals surface area contributed by atoms with Crippen molar-refractivity contribution in [1.82, 2.24) is 20.9 Å². The molecule has 0 saturated heterocycles. The molecule has 0 aromatic carbocycles. The maximum absolute atomic E-state index is 11.7. The van der Waals surface area contributed by atoms with E-state index < -0.39 is 0 Å². The fourth-order valence-corrected chi connectivity index (χ4v) is 3.75. The lowest BCUT2D eigenvalue weighted by molar-refractivity contribution is -0.122. The van der Waals surface area contributed by atoms with Crippen LogP contribution in [0.25, 0.3) is 0 Å². The summed E-state index contributed by atoms with van der Waals surface area (Å²) in [5, 5.41) is 9.66.